The number of urea groups is 1. The first-order chi connectivity index (χ1) is 15.4. The maximum absolute atomic E-state index is 12.9. The zero-order valence-electron chi connectivity index (χ0n) is 17.9. The van der Waals surface area contributed by atoms with Crippen molar-refractivity contribution in [2.24, 2.45) is 0 Å². The van der Waals surface area contributed by atoms with Crippen molar-refractivity contribution in [3.63, 3.8) is 0 Å². The zero-order valence-corrected chi connectivity index (χ0v) is 19.5. The van der Waals surface area contributed by atoms with Crippen molar-refractivity contribution in [3.05, 3.63) is 64.8 Å². The standard InChI is InChI=1S/C24H24N4O2S2/c1-24(2,30)15-12-20(31-13-15)32-28-23(29)27-21-16-5-3-4-14(16)6-7-18(21)17-8-10-25-22-19(17)9-11-26-22/h6-13,30H,3-5H2,1-2H3,(H,25,26)(H2,27,28,29). The highest BCUT2D eigenvalue weighted by Gasteiger charge is 2.22. The van der Waals surface area contributed by atoms with E-state index in [-0.39, 0.29) is 6.03 Å². The van der Waals surface area contributed by atoms with Gasteiger partial charge in [-0.25, -0.2) is 9.78 Å². The van der Waals surface area contributed by atoms with Gasteiger partial charge in [0.15, 0.2) is 0 Å². The summed E-state index contributed by atoms with van der Waals surface area (Å²) in [7, 11) is 0. The van der Waals surface area contributed by atoms with Crippen LogP contribution >= 0.6 is 23.3 Å². The number of aryl methyl sites for hydroxylation is 1. The Bertz CT molecular complexity index is 1300. The minimum absolute atomic E-state index is 0.269. The van der Waals surface area contributed by atoms with Crippen LogP contribution in [0.15, 0.2) is 52.3 Å². The topological polar surface area (TPSA) is 90.0 Å². The highest BCUT2D eigenvalue weighted by atomic mass is 32.2. The number of aromatic amines is 1. The Morgan fingerprint density at radius 3 is 2.91 bits per heavy atom. The summed E-state index contributed by atoms with van der Waals surface area (Å²) in [4.78, 5) is 20.4. The monoisotopic (exact) mass is 464 g/mol. The summed E-state index contributed by atoms with van der Waals surface area (Å²) in [6, 6.07) is 9.92. The molecule has 0 atom stereocenters. The molecule has 6 nitrogen and oxygen atoms in total. The molecule has 0 bridgehead atoms. The van der Waals surface area contributed by atoms with Crippen LogP contribution in [-0.4, -0.2) is 21.1 Å². The number of rotatable bonds is 5. The van der Waals surface area contributed by atoms with E-state index in [1.807, 2.05) is 29.8 Å². The number of anilines is 1. The summed E-state index contributed by atoms with van der Waals surface area (Å²) in [5, 5.41) is 16.2. The molecule has 0 saturated carbocycles. The number of hydrogen-bond acceptors (Lipinski definition) is 5. The van der Waals surface area contributed by atoms with Gasteiger partial charge in [0.25, 0.3) is 0 Å². The van der Waals surface area contributed by atoms with Gasteiger partial charge in [0.2, 0.25) is 0 Å². The van der Waals surface area contributed by atoms with E-state index in [4.69, 9.17) is 0 Å². The maximum atomic E-state index is 12.9. The average Bonchev–Trinajstić information content (AvgIpc) is 3.51. The van der Waals surface area contributed by atoms with Crippen molar-refractivity contribution < 1.29 is 9.90 Å². The summed E-state index contributed by atoms with van der Waals surface area (Å²) in [6.07, 6.45) is 6.75. The van der Waals surface area contributed by atoms with Gasteiger partial charge < -0.3 is 15.4 Å². The second kappa shape index (κ2) is 8.27. The number of pyridine rings is 1. The number of aromatic nitrogens is 2. The molecule has 0 saturated heterocycles. The summed E-state index contributed by atoms with van der Waals surface area (Å²) >= 11 is 2.75. The molecule has 3 aromatic heterocycles. The van der Waals surface area contributed by atoms with Crippen LogP contribution in [0.2, 0.25) is 0 Å². The van der Waals surface area contributed by atoms with E-state index in [1.165, 1.54) is 34.4 Å². The number of carbonyl (C=O) groups is 1. The molecule has 0 fully saturated rings. The summed E-state index contributed by atoms with van der Waals surface area (Å²) in [5.41, 5.74) is 6.19. The Morgan fingerprint density at radius 2 is 2.09 bits per heavy atom. The number of thiophene rings is 1. The van der Waals surface area contributed by atoms with E-state index in [1.54, 1.807) is 20.0 Å². The van der Waals surface area contributed by atoms with E-state index < -0.39 is 5.60 Å². The van der Waals surface area contributed by atoms with Crippen LogP contribution in [0, 0.1) is 0 Å². The molecule has 2 amide bonds. The minimum Gasteiger partial charge on any atom is -0.386 e. The summed E-state index contributed by atoms with van der Waals surface area (Å²) in [6.45, 7) is 3.50. The summed E-state index contributed by atoms with van der Waals surface area (Å²) < 4.78 is 3.81. The Kier molecular flexibility index (Phi) is 5.44. The van der Waals surface area contributed by atoms with Gasteiger partial charge in [-0.2, -0.15) is 0 Å². The van der Waals surface area contributed by atoms with E-state index in [0.717, 1.165) is 56.9 Å². The molecular weight excluding hydrogens is 440 g/mol. The third kappa shape index (κ3) is 4.01. The van der Waals surface area contributed by atoms with Crippen LogP contribution < -0.4 is 10.0 Å². The molecule has 32 heavy (non-hydrogen) atoms. The number of nitrogens with zero attached hydrogens (tertiary/aromatic N) is 1. The number of carbonyl (C=O) groups excluding carboxylic acids is 1. The Morgan fingerprint density at radius 1 is 1.22 bits per heavy atom. The molecule has 1 aliphatic rings. The van der Waals surface area contributed by atoms with Gasteiger partial charge in [-0.1, -0.05) is 12.1 Å². The van der Waals surface area contributed by atoms with Crippen LogP contribution in [0.5, 0.6) is 0 Å². The number of fused-ring (bicyclic) bond motifs is 2. The highest BCUT2D eigenvalue weighted by Crippen LogP contribution is 2.40. The molecule has 8 heteroatoms. The van der Waals surface area contributed by atoms with Gasteiger partial charge in [-0.3, -0.25) is 4.72 Å². The highest BCUT2D eigenvalue weighted by molar-refractivity contribution is 7.99. The molecular formula is C24H24N4O2S2. The normalized spacial score (nSPS) is 13.3. The molecule has 1 aliphatic carbocycles. The first-order valence-electron chi connectivity index (χ1n) is 10.5. The van der Waals surface area contributed by atoms with Crippen molar-refractivity contribution >= 4 is 46.0 Å². The largest absolute Gasteiger partial charge is 0.386 e. The van der Waals surface area contributed by atoms with Crippen LogP contribution in [0.3, 0.4) is 0 Å². The number of hydrogen-bond donors (Lipinski definition) is 4. The van der Waals surface area contributed by atoms with Crippen molar-refractivity contribution in [2.75, 3.05) is 5.32 Å². The molecule has 3 heterocycles. The van der Waals surface area contributed by atoms with E-state index >= 15 is 0 Å². The predicted octanol–water partition coefficient (Wildman–Crippen LogP) is 5.84. The Hall–Kier alpha value is -2.81. The minimum atomic E-state index is -0.898. The Balaban J connectivity index is 1.42. The lowest BCUT2D eigenvalue weighted by Crippen LogP contribution is -2.23. The third-order valence-corrected chi connectivity index (χ3v) is 7.66. The van der Waals surface area contributed by atoms with Crippen molar-refractivity contribution in [1.82, 2.24) is 14.7 Å². The molecule has 1 aromatic carbocycles. The smallest absolute Gasteiger partial charge is 0.329 e. The molecule has 4 aromatic rings. The molecule has 0 unspecified atom stereocenters. The zero-order chi connectivity index (χ0) is 22.3. The van der Waals surface area contributed by atoms with Gasteiger partial charge in [-0.05, 0) is 90.9 Å². The Labute approximate surface area is 194 Å². The number of aliphatic hydroxyl groups is 1. The predicted molar refractivity (Wildman–Crippen MR) is 131 cm³/mol. The van der Waals surface area contributed by atoms with E-state index in [2.05, 4.69) is 32.1 Å². The molecule has 4 N–H and O–H groups in total. The van der Waals surface area contributed by atoms with Crippen LogP contribution in [0.25, 0.3) is 22.2 Å². The lowest BCUT2D eigenvalue weighted by Gasteiger charge is -2.17. The lowest BCUT2D eigenvalue weighted by molar-refractivity contribution is 0.0789. The van der Waals surface area contributed by atoms with Crippen LogP contribution in [-0.2, 0) is 18.4 Å². The second-order valence-electron chi connectivity index (χ2n) is 8.45. The maximum Gasteiger partial charge on any atom is 0.329 e. The molecule has 0 spiro atoms. The van der Waals surface area contributed by atoms with Gasteiger partial charge in [-0.15, -0.1) is 11.3 Å². The van der Waals surface area contributed by atoms with Gasteiger partial charge in [0, 0.05) is 23.3 Å². The van der Waals surface area contributed by atoms with Crippen LogP contribution in [0.1, 0.15) is 37.0 Å². The molecule has 164 valence electrons. The first kappa shape index (κ1) is 21.1. The lowest BCUT2D eigenvalue weighted by atomic mass is 9.96. The van der Waals surface area contributed by atoms with Crippen LogP contribution in [0.4, 0.5) is 10.5 Å². The molecule has 0 aliphatic heterocycles. The number of nitrogens with one attached hydrogen (secondary N) is 3. The second-order valence-corrected chi connectivity index (χ2v) is 10.5. The fraction of sp³-hybridized carbons (Fsp3) is 0.250. The van der Waals surface area contributed by atoms with Crippen molar-refractivity contribution in [3.8, 4) is 11.1 Å². The number of amides is 2. The quantitative estimate of drug-likeness (QED) is 0.280. The summed E-state index contributed by atoms with van der Waals surface area (Å²) in [5.74, 6) is 0. The third-order valence-electron chi connectivity index (χ3n) is 5.80. The average molecular weight is 465 g/mol. The molecule has 5 rings (SSSR count). The number of H-pyrrole nitrogens is 1. The fourth-order valence-corrected chi connectivity index (χ4v) is 5.84. The number of benzene rings is 1. The van der Waals surface area contributed by atoms with Crippen molar-refractivity contribution in [2.45, 2.75) is 42.9 Å². The molecule has 0 radical (unpaired) electrons. The fourth-order valence-electron chi connectivity index (χ4n) is 4.16. The van der Waals surface area contributed by atoms with E-state index in [9.17, 15) is 9.90 Å². The van der Waals surface area contributed by atoms with Gasteiger partial charge in [0.1, 0.15) is 5.65 Å². The van der Waals surface area contributed by atoms with E-state index in [0.29, 0.717) is 0 Å². The SMILES string of the molecule is CC(C)(O)c1csc(SNC(=O)Nc2c(-c3ccnc4[nH]ccc34)ccc3c2CCC3)c1. The first-order valence-corrected chi connectivity index (χ1v) is 12.2. The van der Waals surface area contributed by atoms with Crippen molar-refractivity contribution in [1.29, 1.82) is 0 Å². The van der Waals surface area contributed by atoms with Gasteiger partial charge in [0.05, 0.1) is 15.5 Å². The van der Waals surface area contributed by atoms with Gasteiger partial charge >= 0.3 is 6.03 Å².